The first-order valence-electron chi connectivity index (χ1n) is 10.6. The number of hydrogen-bond acceptors (Lipinski definition) is 6. The van der Waals surface area contributed by atoms with Gasteiger partial charge in [0.1, 0.15) is 5.76 Å². The standard InChI is InChI=1S/C25H28N2O5/c1-29-22-13-19(14-23(30-2)24(22)31-3)25(28)26-15-20(21-9-6-12-32-21)27-11-10-17-7-4-5-8-18(17)16-27/h4-9,12-14,20H,10-11,15-16H2,1-3H3,(H,26,28)/t20-/m1/s1. The fourth-order valence-electron chi connectivity index (χ4n) is 4.18. The van der Waals surface area contributed by atoms with Crippen molar-refractivity contribution in [3.05, 3.63) is 77.2 Å². The van der Waals surface area contributed by atoms with Crippen LogP contribution in [0.5, 0.6) is 17.2 Å². The fraction of sp³-hybridized carbons (Fsp3) is 0.320. The molecule has 0 saturated carbocycles. The van der Waals surface area contributed by atoms with Crippen LogP contribution in [0.25, 0.3) is 0 Å². The Hall–Kier alpha value is -3.45. The van der Waals surface area contributed by atoms with Gasteiger partial charge in [0, 0.05) is 25.2 Å². The predicted octanol–water partition coefficient (Wildman–Crippen LogP) is 3.83. The van der Waals surface area contributed by atoms with Crippen molar-refractivity contribution in [2.45, 2.75) is 19.0 Å². The molecule has 1 aliphatic rings. The Morgan fingerprint density at radius 2 is 1.75 bits per heavy atom. The average Bonchev–Trinajstić information content (AvgIpc) is 3.37. The van der Waals surface area contributed by atoms with Crippen molar-refractivity contribution in [3.63, 3.8) is 0 Å². The molecule has 0 aliphatic carbocycles. The molecule has 168 valence electrons. The lowest BCUT2D eigenvalue weighted by Crippen LogP contribution is -2.40. The van der Waals surface area contributed by atoms with E-state index in [-0.39, 0.29) is 11.9 Å². The SMILES string of the molecule is COc1cc(C(=O)NC[C@H](c2ccco2)N2CCc3ccccc3C2)cc(OC)c1OC. The number of amides is 1. The summed E-state index contributed by atoms with van der Waals surface area (Å²) in [4.78, 5) is 15.4. The second kappa shape index (κ2) is 9.78. The van der Waals surface area contributed by atoms with Gasteiger partial charge in [-0.1, -0.05) is 24.3 Å². The largest absolute Gasteiger partial charge is 0.493 e. The van der Waals surface area contributed by atoms with Crippen LogP contribution in [0.2, 0.25) is 0 Å². The zero-order valence-corrected chi connectivity index (χ0v) is 18.6. The monoisotopic (exact) mass is 436 g/mol. The highest BCUT2D eigenvalue weighted by molar-refractivity contribution is 5.95. The molecule has 0 spiro atoms. The molecule has 0 fully saturated rings. The van der Waals surface area contributed by atoms with Gasteiger partial charge in [0.15, 0.2) is 11.5 Å². The maximum absolute atomic E-state index is 13.0. The molecule has 1 atom stereocenters. The van der Waals surface area contributed by atoms with Crippen molar-refractivity contribution >= 4 is 5.91 Å². The van der Waals surface area contributed by atoms with Crippen LogP contribution in [0.15, 0.2) is 59.2 Å². The van der Waals surface area contributed by atoms with Crippen molar-refractivity contribution in [1.29, 1.82) is 0 Å². The molecule has 1 aromatic heterocycles. The summed E-state index contributed by atoms with van der Waals surface area (Å²) in [6, 6.07) is 15.5. The normalized spacial score (nSPS) is 14.3. The maximum Gasteiger partial charge on any atom is 0.251 e. The van der Waals surface area contributed by atoms with Crippen LogP contribution in [0.1, 0.15) is 33.3 Å². The topological polar surface area (TPSA) is 73.2 Å². The number of nitrogens with zero attached hydrogens (tertiary/aromatic N) is 1. The van der Waals surface area contributed by atoms with E-state index in [0.717, 1.165) is 25.3 Å². The molecule has 7 nitrogen and oxygen atoms in total. The van der Waals surface area contributed by atoms with Gasteiger partial charge >= 0.3 is 0 Å². The molecule has 0 saturated heterocycles. The Labute approximate surface area is 187 Å². The maximum atomic E-state index is 13.0. The molecule has 1 aliphatic heterocycles. The molecule has 2 aromatic carbocycles. The minimum Gasteiger partial charge on any atom is -0.493 e. The second-order valence-electron chi connectivity index (χ2n) is 7.64. The third kappa shape index (κ3) is 4.43. The zero-order valence-electron chi connectivity index (χ0n) is 18.6. The van der Waals surface area contributed by atoms with Gasteiger partial charge in [-0.2, -0.15) is 0 Å². The molecule has 1 N–H and O–H groups in total. The van der Waals surface area contributed by atoms with Gasteiger partial charge < -0.3 is 23.9 Å². The lowest BCUT2D eigenvalue weighted by Gasteiger charge is -2.34. The van der Waals surface area contributed by atoms with Crippen molar-refractivity contribution in [2.75, 3.05) is 34.4 Å². The molecule has 0 radical (unpaired) electrons. The van der Waals surface area contributed by atoms with E-state index >= 15 is 0 Å². The van der Waals surface area contributed by atoms with Crippen LogP contribution in [0, 0.1) is 0 Å². The molecule has 0 unspecified atom stereocenters. The Kier molecular flexibility index (Phi) is 6.66. The summed E-state index contributed by atoms with van der Waals surface area (Å²) in [5, 5.41) is 3.06. The molecule has 1 amide bonds. The van der Waals surface area contributed by atoms with E-state index in [4.69, 9.17) is 18.6 Å². The third-order valence-corrected chi connectivity index (χ3v) is 5.86. The van der Waals surface area contributed by atoms with Crippen LogP contribution in [0.3, 0.4) is 0 Å². The van der Waals surface area contributed by atoms with E-state index < -0.39 is 0 Å². The van der Waals surface area contributed by atoms with E-state index in [1.807, 2.05) is 12.1 Å². The second-order valence-corrected chi connectivity index (χ2v) is 7.64. The third-order valence-electron chi connectivity index (χ3n) is 5.86. The number of carbonyl (C=O) groups is 1. The first-order valence-corrected chi connectivity index (χ1v) is 10.6. The van der Waals surface area contributed by atoms with Crippen molar-refractivity contribution in [2.24, 2.45) is 0 Å². The number of hydrogen-bond donors (Lipinski definition) is 1. The highest BCUT2D eigenvalue weighted by Gasteiger charge is 2.27. The Bertz CT molecular complexity index is 1040. The minimum atomic E-state index is -0.224. The van der Waals surface area contributed by atoms with E-state index in [9.17, 15) is 4.79 Å². The summed E-state index contributed by atoms with van der Waals surface area (Å²) in [6.45, 7) is 2.11. The van der Waals surface area contributed by atoms with E-state index in [0.29, 0.717) is 29.4 Å². The molecular formula is C25H28N2O5. The highest BCUT2D eigenvalue weighted by atomic mass is 16.5. The summed E-state index contributed by atoms with van der Waals surface area (Å²) in [7, 11) is 4.59. The molecule has 2 heterocycles. The summed E-state index contributed by atoms with van der Waals surface area (Å²) in [6.07, 6.45) is 2.63. The number of furan rings is 1. The number of benzene rings is 2. The van der Waals surface area contributed by atoms with E-state index in [1.165, 1.54) is 32.5 Å². The van der Waals surface area contributed by atoms with E-state index in [2.05, 4.69) is 34.5 Å². The van der Waals surface area contributed by atoms with Gasteiger partial charge in [-0.05, 0) is 41.8 Å². The zero-order chi connectivity index (χ0) is 22.5. The van der Waals surface area contributed by atoms with Gasteiger partial charge in [0.05, 0.1) is 33.6 Å². The first-order chi connectivity index (χ1) is 15.6. The van der Waals surface area contributed by atoms with Gasteiger partial charge in [0.2, 0.25) is 5.75 Å². The van der Waals surface area contributed by atoms with Crippen molar-refractivity contribution in [3.8, 4) is 17.2 Å². The molecule has 7 heteroatoms. The van der Waals surface area contributed by atoms with Gasteiger partial charge in [-0.15, -0.1) is 0 Å². The van der Waals surface area contributed by atoms with Crippen molar-refractivity contribution in [1.82, 2.24) is 10.2 Å². The lowest BCUT2D eigenvalue weighted by atomic mass is 9.98. The Morgan fingerprint density at radius 1 is 1.03 bits per heavy atom. The van der Waals surface area contributed by atoms with E-state index in [1.54, 1.807) is 18.4 Å². The predicted molar refractivity (Wildman–Crippen MR) is 120 cm³/mol. The van der Waals surface area contributed by atoms with Gasteiger partial charge in [-0.3, -0.25) is 9.69 Å². The lowest BCUT2D eigenvalue weighted by molar-refractivity contribution is 0.0918. The van der Waals surface area contributed by atoms with Crippen LogP contribution in [0.4, 0.5) is 0 Å². The van der Waals surface area contributed by atoms with Gasteiger partial charge in [0.25, 0.3) is 5.91 Å². The molecule has 32 heavy (non-hydrogen) atoms. The molecule has 3 aromatic rings. The number of nitrogens with one attached hydrogen (secondary N) is 1. The summed E-state index contributed by atoms with van der Waals surface area (Å²) < 4.78 is 21.8. The fourth-order valence-corrected chi connectivity index (χ4v) is 4.18. The number of carbonyl (C=O) groups excluding carboxylic acids is 1. The minimum absolute atomic E-state index is 0.0793. The van der Waals surface area contributed by atoms with Crippen molar-refractivity contribution < 1.29 is 23.4 Å². The van der Waals surface area contributed by atoms with Crippen LogP contribution >= 0.6 is 0 Å². The summed E-state index contributed by atoms with van der Waals surface area (Å²) in [5.41, 5.74) is 3.12. The Balaban J connectivity index is 1.53. The quantitative estimate of drug-likeness (QED) is 0.579. The average molecular weight is 437 g/mol. The smallest absolute Gasteiger partial charge is 0.251 e. The number of ether oxygens (including phenoxy) is 3. The number of rotatable bonds is 8. The molecule has 0 bridgehead atoms. The number of fused-ring (bicyclic) bond motifs is 1. The summed E-state index contributed by atoms with van der Waals surface area (Å²) in [5.74, 6) is 1.93. The summed E-state index contributed by atoms with van der Waals surface area (Å²) >= 11 is 0. The Morgan fingerprint density at radius 3 is 2.38 bits per heavy atom. The van der Waals surface area contributed by atoms with Crippen LogP contribution in [-0.2, 0) is 13.0 Å². The number of methoxy groups -OCH3 is 3. The van der Waals surface area contributed by atoms with Crippen LogP contribution < -0.4 is 19.5 Å². The molecule has 4 rings (SSSR count). The van der Waals surface area contributed by atoms with Crippen LogP contribution in [-0.4, -0.2) is 45.2 Å². The first kappa shape index (κ1) is 21.8. The van der Waals surface area contributed by atoms with Gasteiger partial charge in [-0.25, -0.2) is 0 Å². The highest BCUT2D eigenvalue weighted by Crippen LogP contribution is 2.38. The molecular weight excluding hydrogens is 408 g/mol.